The van der Waals surface area contributed by atoms with Crippen molar-refractivity contribution in [2.45, 2.75) is 25.7 Å². The summed E-state index contributed by atoms with van der Waals surface area (Å²) in [6.45, 7) is 1.62. The Hall–Kier alpha value is -1.90. The molecule has 2 heteroatoms. The van der Waals surface area contributed by atoms with Gasteiger partial charge in [0.25, 0.3) is 0 Å². The number of benzene rings is 2. The fourth-order valence-electron chi connectivity index (χ4n) is 2.77. The van der Waals surface area contributed by atoms with Gasteiger partial charge in [-0.05, 0) is 47.9 Å². The molecule has 24 heavy (non-hydrogen) atoms. The largest absolute Gasteiger partial charge is 0.385 e. The SMILES string of the molecule is COCCCc1cc(C=Cc2ccccc2)cc(CCCOC)c1. The maximum Gasteiger partial charge on any atom is 0.0465 e. The van der Waals surface area contributed by atoms with Crippen LogP contribution in [-0.2, 0) is 22.3 Å². The summed E-state index contributed by atoms with van der Waals surface area (Å²) in [7, 11) is 3.52. The molecule has 0 aliphatic heterocycles. The quantitative estimate of drug-likeness (QED) is 0.451. The molecule has 0 radical (unpaired) electrons. The molecule has 0 spiro atoms. The lowest BCUT2D eigenvalue weighted by atomic mass is 9.99. The molecule has 0 amide bonds. The minimum Gasteiger partial charge on any atom is -0.385 e. The van der Waals surface area contributed by atoms with Crippen molar-refractivity contribution in [3.05, 3.63) is 70.8 Å². The molecule has 0 bridgehead atoms. The molecule has 0 aliphatic carbocycles. The maximum atomic E-state index is 5.18. The highest BCUT2D eigenvalue weighted by molar-refractivity contribution is 5.70. The second kappa shape index (κ2) is 10.8. The third-order valence-corrected chi connectivity index (χ3v) is 3.97. The van der Waals surface area contributed by atoms with Crippen LogP contribution in [0.5, 0.6) is 0 Å². The summed E-state index contributed by atoms with van der Waals surface area (Å²) in [5.74, 6) is 0. The first kappa shape index (κ1) is 18.4. The zero-order valence-corrected chi connectivity index (χ0v) is 14.8. The minimum atomic E-state index is 0.809. The predicted molar refractivity (Wildman–Crippen MR) is 102 cm³/mol. The number of hydrogen-bond acceptors (Lipinski definition) is 2. The van der Waals surface area contributed by atoms with Gasteiger partial charge in [-0.15, -0.1) is 0 Å². The molecular weight excluding hydrogens is 296 g/mol. The Kier molecular flexibility index (Phi) is 8.29. The van der Waals surface area contributed by atoms with Gasteiger partial charge in [0.1, 0.15) is 0 Å². The fourth-order valence-corrected chi connectivity index (χ4v) is 2.77. The maximum absolute atomic E-state index is 5.18. The molecule has 2 rings (SSSR count). The van der Waals surface area contributed by atoms with Crippen LogP contribution in [-0.4, -0.2) is 27.4 Å². The molecule has 0 saturated carbocycles. The van der Waals surface area contributed by atoms with E-state index in [1.807, 2.05) is 6.07 Å². The fraction of sp³-hybridized carbons (Fsp3) is 0.364. The minimum absolute atomic E-state index is 0.809. The zero-order chi connectivity index (χ0) is 17.0. The van der Waals surface area contributed by atoms with Crippen LogP contribution in [0.15, 0.2) is 48.5 Å². The van der Waals surface area contributed by atoms with Crippen molar-refractivity contribution in [2.75, 3.05) is 27.4 Å². The number of aryl methyl sites for hydroxylation is 2. The van der Waals surface area contributed by atoms with E-state index in [0.717, 1.165) is 38.9 Å². The van der Waals surface area contributed by atoms with E-state index in [1.54, 1.807) is 14.2 Å². The second-order valence-electron chi connectivity index (χ2n) is 6.02. The van der Waals surface area contributed by atoms with Gasteiger partial charge in [0.2, 0.25) is 0 Å². The molecule has 0 unspecified atom stereocenters. The van der Waals surface area contributed by atoms with E-state index in [2.05, 4.69) is 54.6 Å². The summed E-state index contributed by atoms with van der Waals surface area (Å²) >= 11 is 0. The molecule has 128 valence electrons. The Morgan fingerprint density at radius 1 is 0.708 bits per heavy atom. The number of hydrogen-bond donors (Lipinski definition) is 0. The molecule has 2 nitrogen and oxygen atoms in total. The van der Waals surface area contributed by atoms with E-state index in [9.17, 15) is 0 Å². The zero-order valence-electron chi connectivity index (χ0n) is 14.8. The molecule has 0 N–H and O–H groups in total. The molecule has 0 atom stereocenters. The van der Waals surface area contributed by atoms with Crippen LogP contribution < -0.4 is 0 Å². The van der Waals surface area contributed by atoms with Gasteiger partial charge in [0.15, 0.2) is 0 Å². The standard InChI is InChI=1S/C22H28O2/c1-23-14-6-10-20-16-21(11-7-15-24-2)18-22(17-20)13-12-19-8-4-3-5-9-19/h3-5,8-9,12-13,16-18H,6-7,10-11,14-15H2,1-2H3. The lowest BCUT2D eigenvalue weighted by Gasteiger charge is -2.08. The Morgan fingerprint density at radius 3 is 1.79 bits per heavy atom. The van der Waals surface area contributed by atoms with Crippen LogP contribution in [0.2, 0.25) is 0 Å². The number of rotatable bonds is 10. The molecule has 0 heterocycles. The van der Waals surface area contributed by atoms with Gasteiger partial charge in [-0.1, -0.05) is 60.7 Å². The van der Waals surface area contributed by atoms with E-state index in [-0.39, 0.29) is 0 Å². The molecule has 0 aliphatic rings. The van der Waals surface area contributed by atoms with Gasteiger partial charge in [0, 0.05) is 27.4 Å². The van der Waals surface area contributed by atoms with Crippen molar-refractivity contribution in [1.82, 2.24) is 0 Å². The summed E-state index contributed by atoms with van der Waals surface area (Å²) in [5, 5.41) is 0. The van der Waals surface area contributed by atoms with Crippen molar-refractivity contribution in [3.63, 3.8) is 0 Å². The lowest BCUT2D eigenvalue weighted by Crippen LogP contribution is -1.97. The van der Waals surface area contributed by atoms with Crippen molar-refractivity contribution in [1.29, 1.82) is 0 Å². The summed E-state index contributed by atoms with van der Waals surface area (Å²) < 4.78 is 10.4. The van der Waals surface area contributed by atoms with E-state index >= 15 is 0 Å². The first-order valence-corrected chi connectivity index (χ1v) is 8.65. The Bertz CT molecular complexity index is 589. The van der Waals surface area contributed by atoms with Crippen molar-refractivity contribution in [2.24, 2.45) is 0 Å². The van der Waals surface area contributed by atoms with E-state index in [0.29, 0.717) is 0 Å². The van der Waals surface area contributed by atoms with Crippen LogP contribution >= 0.6 is 0 Å². The predicted octanol–water partition coefficient (Wildman–Crippen LogP) is 5.02. The lowest BCUT2D eigenvalue weighted by molar-refractivity contribution is 0.195. The average Bonchev–Trinajstić information content (AvgIpc) is 2.61. The van der Waals surface area contributed by atoms with Gasteiger partial charge >= 0.3 is 0 Å². The van der Waals surface area contributed by atoms with Crippen molar-refractivity contribution >= 4 is 12.2 Å². The van der Waals surface area contributed by atoms with E-state index in [4.69, 9.17) is 9.47 Å². The van der Waals surface area contributed by atoms with Gasteiger partial charge < -0.3 is 9.47 Å². The van der Waals surface area contributed by atoms with Gasteiger partial charge in [-0.2, -0.15) is 0 Å². The van der Waals surface area contributed by atoms with Crippen LogP contribution in [0, 0.1) is 0 Å². The van der Waals surface area contributed by atoms with Gasteiger partial charge in [-0.3, -0.25) is 0 Å². The van der Waals surface area contributed by atoms with Crippen LogP contribution in [0.25, 0.3) is 12.2 Å². The second-order valence-corrected chi connectivity index (χ2v) is 6.02. The monoisotopic (exact) mass is 324 g/mol. The van der Waals surface area contributed by atoms with Gasteiger partial charge in [-0.25, -0.2) is 0 Å². The normalized spacial score (nSPS) is 11.2. The van der Waals surface area contributed by atoms with Crippen molar-refractivity contribution in [3.8, 4) is 0 Å². The van der Waals surface area contributed by atoms with Gasteiger partial charge in [0.05, 0.1) is 0 Å². The van der Waals surface area contributed by atoms with Crippen LogP contribution in [0.1, 0.15) is 35.1 Å². The van der Waals surface area contributed by atoms with Crippen LogP contribution in [0.3, 0.4) is 0 Å². The Balaban J connectivity index is 2.12. The first-order valence-electron chi connectivity index (χ1n) is 8.65. The third-order valence-electron chi connectivity index (χ3n) is 3.97. The smallest absolute Gasteiger partial charge is 0.0465 e. The van der Waals surface area contributed by atoms with Crippen LogP contribution in [0.4, 0.5) is 0 Å². The molecule has 2 aromatic rings. The third kappa shape index (κ3) is 6.69. The summed E-state index contributed by atoms with van der Waals surface area (Å²) in [5.41, 5.74) is 5.26. The molecule has 2 aromatic carbocycles. The number of ether oxygens (including phenoxy) is 2. The number of methoxy groups -OCH3 is 2. The highest BCUT2D eigenvalue weighted by Gasteiger charge is 2.01. The average molecular weight is 324 g/mol. The Morgan fingerprint density at radius 2 is 1.25 bits per heavy atom. The summed E-state index contributed by atoms with van der Waals surface area (Å²) in [4.78, 5) is 0. The van der Waals surface area contributed by atoms with E-state index < -0.39 is 0 Å². The summed E-state index contributed by atoms with van der Waals surface area (Å²) in [6.07, 6.45) is 8.60. The topological polar surface area (TPSA) is 18.5 Å². The first-order chi connectivity index (χ1) is 11.8. The summed E-state index contributed by atoms with van der Waals surface area (Å²) in [6, 6.07) is 17.3. The molecule has 0 fully saturated rings. The molecule has 0 saturated heterocycles. The molecular formula is C22H28O2. The van der Waals surface area contributed by atoms with Crippen molar-refractivity contribution < 1.29 is 9.47 Å². The highest BCUT2D eigenvalue weighted by atomic mass is 16.5. The highest BCUT2D eigenvalue weighted by Crippen LogP contribution is 2.17. The van der Waals surface area contributed by atoms with E-state index in [1.165, 1.54) is 22.3 Å². The molecule has 0 aromatic heterocycles. The Labute approximate surface area is 146 Å².